The van der Waals surface area contributed by atoms with Gasteiger partial charge in [-0.2, -0.15) is 8.42 Å². The van der Waals surface area contributed by atoms with E-state index in [0.717, 1.165) is 0 Å². The Hall–Kier alpha value is -0.0136. The molecule has 0 radical (unpaired) electrons. The van der Waals surface area contributed by atoms with Gasteiger partial charge in [0.05, 0.1) is 17.0 Å². The summed E-state index contributed by atoms with van der Waals surface area (Å²) in [6.45, 7) is 0.194. The molecule has 1 aromatic heterocycles. The summed E-state index contributed by atoms with van der Waals surface area (Å²) >= 11 is 13.3. The molecule has 26 heavy (non-hydrogen) atoms. The third-order valence-corrected chi connectivity index (χ3v) is 5.13. The normalized spacial score (nSPS) is 15.3. The van der Waals surface area contributed by atoms with E-state index in [4.69, 9.17) is 23.2 Å². The van der Waals surface area contributed by atoms with Crippen LogP contribution < -0.4 is 56.3 Å². The third kappa shape index (κ3) is 5.07. The van der Waals surface area contributed by atoms with Crippen LogP contribution in [-0.4, -0.2) is 31.1 Å². The number of anilines is 1. The quantitative estimate of drug-likeness (QED) is 0.284. The molecule has 7 nitrogen and oxygen atoms in total. The second-order valence-corrected chi connectivity index (χ2v) is 7.92. The van der Waals surface area contributed by atoms with Crippen molar-refractivity contribution in [3.63, 3.8) is 0 Å². The SMILES string of the molecule is O=C(c1ccsc1Cl)N1CC/C(=N/OS(=O)(=O)[O-])c2ccc(Cl)cc21.[K+]. The number of benzene rings is 1. The van der Waals surface area contributed by atoms with Crippen molar-refractivity contribution in [2.24, 2.45) is 5.16 Å². The molecule has 1 amide bonds. The maximum absolute atomic E-state index is 12.8. The van der Waals surface area contributed by atoms with Crippen LogP contribution in [0.1, 0.15) is 22.3 Å². The molecule has 0 N–H and O–H groups in total. The van der Waals surface area contributed by atoms with Gasteiger partial charge in [0.25, 0.3) is 16.3 Å². The van der Waals surface area contributed by atoms with E-state index in [-0.39, 0.29) is 76.0 Å². The van der Waals surface area contributed by atoms with E-state index in [1.807, 2.05) is 0 Å². The predicted octanol–water partition coefficient (Wildman–Crippen LogP) is 0.290. The first-order valence-electron chi connectivity index (χ1n) is 6.82. The summed E-state index contributed by atoms with van der Waals surface area (Å²) in [4.78, 5) is 14.2. The molecule has 0 saturated heterocycles. The monoisotopic (exact) mass is 458 g/mol. The average molecular weight is 459 g/mol. The Morgan fingerprint density at radius 1 is 1.31 bits per heavy atom. The van der Waals surface area contributed by atoms with Gasteiger partial charge in [0.1, 0.15) is 4.34 Å². The number of amides is 1. The number of fused-ring (bicyclic) bond motifs is 1. The van der Waals surface area contributed by atoms with E-state index >= 15 is 0 Å². The van der Waals surface area contributed by atoms with Crippen molar-refractivity contribution >= 4 is 62.2 Å². The van der Waals surface area contributed by atoms with Crippen molar-refractivity contribution in [2.45, 2.75) is 6.42 Å². The molecule has 2 aromatic rings. The second-order valence-electron chi connectivity index (χ2n) is 5.00. The van der Waals surface area contributed by atoms with Gasteiger partial charge in [-0.25, -0.2) is 0 Å². The summed E-state index contributed by atoms with van der Waals surface area (Å²) in [5.41, 5.74) is 1.46. The fraction of sp³-hybridized carbons (Fsp3) is 0.143. The van der Waals surface area contributed by atoms with Gasteiger partial charge in [0, 0.05) is 23.6 Å². The summed E-state index contributed by atoms with van der Waals surface area (Å²) in [6, 6.07) is 6.31. The molecule has 0 unspecified atom stereocenters. The molecule has 1 aliphatic rings. The van der Waals surface area contributed by atoms with Crippen molar-refractivity contribution in [3.05, 3.63) is 50.1 Å². The Morgan fingerprint density at radius 3 is 2.65 bits per heavy atom. The Morgan fingerprint density at radius 2 is 2.04 bits per heavy atom. The number of nitrogens with zero attached hydrogens (tertiary/aromatic N) is 2. The maximum atomic E-state index is 12.8. The number of hydrogen-bond donors (Lipinski definition) is 0. The summed E-state index contributed by atoms with van der Waals surface area (Å²) in [5.74, 6) is -0.314. The number of oxime groups is 1. The largest absolute Gasteiger partial charge is 1.00 e. The van der Waals surface area contributed by atoms with Gasteiger partial charge in [0.2, 0.25) is 0 Å². The number of rotatable bonds is 3. The molecule has 1 aliphatic heterocycles. The minimum absolute atomic E-state index is 0. The molecule has 132 valence electrons. The zero-order valence-electron chi connectivity index (χ0n) is 13.3. The molecule has 3 rings (SSSR count). The third-order valence-electron chi connectivity index (χ3n) is 3.47. The van der Waals surface area contributed by atoms with E-state index in [1.54, 1.807) is 29.6 Å². The molecule has 0 aliphatic carbocycles. The van der Waals surface area contributed by atoms with Gasteiger partial charge < -0.3 is 9.45 Å². The minimum Gasteiger partial charge on any atom is -0.714 e. The maximum Gasteiger partial charge on any atom is 1.00 e. The van der Waals surface area contributed by atoms with Crippen molar-refractivity contribution in [1.29, 1.82) is 0 Å². The minimum atomic E-state index is -4.97. The van der Waals surface area contributed by atoms with Gasteiger partial charge >= 0.3 is 51.4 Å². The number of halogens is 2. The van der Waals surface area contributed by atoms with Crippen LogP contribution >= 0.6 is 34.5 Å². The number of carbonyl (C=O) groups is 1. The first-order chi connectivity index (χ1) is 11.8. The summed E-state index contributed by atoms with van der Waals surface area (Å²) in [6.07, 6.45) is 0.192. The van der Waals surface area contributed by atoms with Crippen molar-refractivity contribution < 1.29 is 73.4 Å². The van der Waals surface area contributed by atoms with E-state index in [1.165, 1.54) is 16.2 Å². The van der Waals surface area contributed by atoms with Crippen LogP contribution in [0.15, 0.2) is 34.8 Å². The molecule has 2 heterocycles. The first-order valence-corrected chi connectivity index (χ1v) is 9.79. The zero-order chi connectivity index (χ0) is 18.2. The molecular formula is C14H9Cl2KN2O5S2. The van der Waals surface area contributed by atoms with E-state index in [0.29, 0.717) is 26.2 Å². The molecule has 12 heteroatoms. The van der Waals surface area contributed by atoms with Crippen LogP contribution in [0.3, 0.4) is 0 Å². The van der Waals surface area contributed by atoms with Crippen LogP contribution in [0.5, 0.6) is 0 Å². The standard InChI is InChI=1S/C14H10Cl2N2O5S2.K/c15-8-1-2-9-11(17-23-25(20,21)22)3-5-18(12(9)7-8)14(19)10-4-6-24-13(10)16;/h1-2,4,6-7H,3,5H2,(H,20,21,22);/q;+1/p-1/b17-11-;. The van der Waals surface area contributed by atoms with Gasteiger partial charge in [0.15, 0.2) is 0 Å². The average Bonchev–Trinajstić information content (AvgIpc) is 2.97. The van der Waals surface area contributed by atoms with Crippen LogP contribution in [0.2, 0.25) is 9.36 Å². The van der Waals surface area contributed by atoms with Crippen molar-refractivity contribution in [1.82, 2.24) is 0 Å². The Kier molecular flexibility index (Phi) is 7.70. The fourth-order valence-corrected chi connectivity index (χ4v) is 3.68. The number of hydrogen-bond acceptors (Lipinski definition) is 7. The van der Waals surface area contributed by atoms with Crippen LogP contribution in [-0.2, 0) is 14.7 Å². The van der Waals surface area contributed by atoms with Gasteiger partial charge in [-0.3, -0.25) is 9.08 Å². The molecule has 0 fully saturated rings. The van der Waals surface area contributed by atoms with E-state index in [2.05, 4.69) is 9.44 Å². The zero-order valence-corrected chi connectivity index (χ0v) is 19.6. The molecule has 1 aromatic carbocycles. The predicted molar refractivity (Wildman–Crippen MR) is 94.4 cm³/mol. The number of thiophene rings is 1. The summed E-state index contributed by atoms with van der Waals surface area (Å²) in [7, 11) is -4.97. The molecular weight excluding hydrogens is 450 g/mol. The molecule has 0 saturated carbocycles. The Bertz CT molecular complexity index is 977. The molecule has 0 bridgehead atoms. The van der Waals surface area contributed by atoms with E-state index < -0.39 is 10.4 Å². The van der Waals surface area contributed by atoms with E-state index in [9.17, 15) is 17.8 Å². The fourth-order valence-electron chi connectivity index (χ4n) is 2.43. The Labute approximate surface area is 206 Å². The molecule has 0 atom stereocenters. The topological polar surface area (TPSA) is 99.1 Å². The smallest absolute Gasteiger partial charge is 0.714 e. The van der Waals surface area contributed by atoms with Gasteiger partial charge in [-0.15, -0.1) is 11.3 Å². The summed E-state index contributed by atoms with van der Waals surface area (Å²) in [5, 5.41) is 5.50. The molecule has 0 spiro atoms. The van der Waals surface area contributed by atoms with Crippen LogP contribution in [0.4, 0.5) is 5.69 Å². The Balaban J connectivity index is 0.00000243. The second kappa shape index (κ2) is 8.99. The summed E-state index contributed by atoms with van der Waals surface area (Å²) < 4.78 is 36.2. The van der Waals surface area contributed by atoms with Gasteiger partial charge in [-0.1, -0.05) is 28.4 Å². The van der Waals surface area contributed by atoms with Crippen LogP contribution in [0.25, 0.3) is 0 Å². The van der Waals surface area contributed by atoms with Crippen molar-refractivity contribution in [3.8, 4) is 0 Å². The first kappa shape index (κ1) is 22.3. The van der Waals surface area contributed by atoms with Crippen LogP contribution in [0, 0.1) is 0 Å². The number of carbonyl (C=O) groups excluding carboxylic acids is 1. The van der Waals surface area contributed by atoms with Crippen molar-refractivity contribution in [2.75, 3.05) is 11.4 Å². The van der Waals surface area contributed by atoms with Gasteiger partial charge in [-0.05, 0) is 29.6 Å².